The first-order chi connectivity index (χ1) is 15.9. The smallest absolute Gasteiger partial charge is 0.328 e. The van der Waals surface area contributed by atoms with Crippen LogP contribution in [0.25, 0.3) is 11.2 Å². The standard InChI is InChI=1S/C19H31N5O.C4H4O4/c1-3-25-16-15-24-18(21-17-7-6-9-20-19(17)24)8-4-5-10-23-13-11-22(2)12-14-23;5-3(6)1-2-4(7)8/h6-7,9H,3-5,8,10-16H2,1-2H3;1-2H,(H,5,6)(H,7,8)/b;2-1+. The first-order valence-corrected chi connectivity index (χ1v) is 11.3. The molecular weight excluding hydrogens is 426 g/mol. The summed E-state index contributed by atoms with van der Waals surface area (Å²) in [5.41, 5.74) is 1.98. The molecule has 0 aliphatic carbocycles. The molecule has 2 aromatic rings. The number of imidazole rings is 1. The molecule has 0 amide bonds. The van der Waals surface area contributed by atoms with E-state index >= 15 is 0 Å². The van der Waals surface area contributed by atoms with Gasteiger partial charge in [0.1, 0.15) is 11.3 Å². The zero-order valence-corrected chi connectivity index (χ0v) is 19.5. The number of hydrogen-bond donors (Lipinski definition) is 2. The molecule has 0 unspecified atom stereocenters. The van der Waals surface area contributed by atoms with Gasteiger partial charge in [-0.2, -0.15) is 0 Å². The van der Waals surface area contributed by atoms with Crippen molar-refractivity contribution in [1.29, 1.82) is 0 Å². The lowest BCUT2D eigenvalue weighted by atomic mass is 10.2. The van der Waals surface area contributed by atoms with Crippen molar-refractivity contribution in [2.75, 3.05) is 53.0 Å². The molecule has 0 radical (unpaired) electrons. The highest BCUT2D eigenvalue weighted by Crippen LogP contribution is 2.15. The van der Waals surface area contributed by atoms with Crippen molar-refractivity contribution in [2.24, 2.45) is 0 Å². The molecule has 2 aromatic heterocycles. The van der Waals surface area contributed by atoms with E-state index in [9.17, 15) is 9.59 Å². The minimum absolute atomic E-state index is 0.558. The topological polar surface area (TPSA) is 121 Å². The molecule has 1 saturated heterocycles. The van der Waals surface area contributed by atoms with Gasteiger partial charge in [0.15, 0.2) is 5.65 Å². The Morgan fingerprint density at radius 1 is 1.09 bits per heavy atom. The van der Waals surface area contributed by atoms with Gasteiger partial charge in [-0.25, -0.2) is 19.6 Å². The van der Waals surface area contributed by atoms with Crippen molar-refractivity contribution >= 4 is 23.1 Å². The van der Waals surface area contributed by atoms with Crippen LogP contribution in [0, 0.1) is 0 Å². The van der Waals surface area contributed by atoms with E-state index in [0.717, 1.165) is 36.6 Å². The average Bonchev–Trinajstić information content (AvgIpc) is 3.14. The highest BCUT2D eigenvalue weighted by atomic mass is 16.5. The Morgan fingerprint density at radius 2 is 1.79 bits per heavy atom. The molecule has 0 saturated carbocycles. The summed E-state index contributed by atoms with van der Waals surface area (Å²) in [6.07, 6.45) is 6.37. The van der Waals surface area contributed by atoms with Crippen molar-refractivity contribution in [3.05, 3.63) is 36.3 Å². The van der Waals surface area contributed by atoms with Crippen LogP contribution in [0.1, 0.15) is 25.6 Å². The number of rotatable bonds is 11. The number of carboxylic acids is 2. The fraction of sp³-hybridized carbons (Fsp3) is 0.565. The molecule has 1 fully saturated rings. The third kappa shape index (κ3) is 9.68. The molecule has 33 heavy (non-hydrogen) atoms. The van der Waals surface area contributed by atoms with Gasteiger partial charge >= 0.3 is 11.9 Å². The monoisotopic (exact) mass is 461 g/mol. The number of hydrogen-bond acceptors (Lipinski definition) is 7. The fourth-order valence-electron chi connectivity index (χ4n) is 3.56. The van der Waals surface area contributed by atoms with E-state index in [1.54, 1.807) is 0 Å². The minimum Gasteiger partial charge on any atom is -0.478 e. The van der Waals surface area contributed by atoms with Gasteiger partial charge in [0.05, 0.1) is 6.61 Å². The number of ether oxygens (including phenoxy) is 1. The van der Waals surface area contributed by atoms with E-state index in [4.69, 9.17) is 19.9 Å². The molecule has 2 N–H and O–H groups in total. The molecule has 10 heteroatoms. The third-order valence-corrected chi connectivity index (χ3v) is 5.34. The molecule has 0 atom stereocenters. The summed E-state index contributed by atoms with van der Waals surface area (Å²) in [4.78, 5) is 33.4. The van der Waals surface area contributed by atoms with Crippen LogP contribution in [0.15, 0.2) is 30.5 Å². The second kappa shape index (κ2) is 14.4. The van der Waals surface area contributed by atoms with Crippen LogP contribution in [0.5, 0.6) is 0 Å². The van der Waals surface area contributed by atoms with E-state index in [0.29, 0.717) is 18.8 Å². The SMILES string of the molecule is CCOCCn1c(CCCCN2CCN(C)CC2)nc2cccnc21.O=C(O)/C=C/C(=O)O. The molecule has 1 aliphatic heterocycles. The lowest BCUT2D eigenvalue weighted by molar-refractivity contribution is -0.134. The van der Waals surface area contributed by atoms with E-state index < -0.39 is 11.9 Å². The maximum atomic E-state index is 9.55. The summed E-state index contributed by atoms with van der Waals surface area (Å²) in [7, 11) is 2.21. The number of unbranched alkanes of at least 4 members (excludes halogenated alkanes) is 1. The van der Waals surface area contributed by atoms with Crippen molar-refractivity contribution in [1.82, 2.24) is 24.3 Å². The Bertz CT molecular complexity index is 890. The number of aliphatic carboxylic acids is 2. The summed E-state index contributed by atoms with van der Waals surface area (Å²) in [5, 5.41) is 15.6. The summed E-state index contributed by atoms with van der Waals surface area (Å²) in [5.74, 6) is -1.37. The van der Waals surface area contributed by atoms with Gasteiger partial charge in [-0.05, 0) is 45.5 Å². The number of aromatic nitrogens is 3. The zero-order valence-electron chi connectivity index (χ0n) is 19.5. The molecule has 0 aromatic carbocycles. The van der Waals surface area contributed by atoms with Crippen molar-refractivity contribution in [3.8, 4) is 0 Å². The number of fused-ring (bicyclic) bond motifs is 1. The van der Waals surface area contributed by atoms with E-state index in [1.807, 2.05) is 25.3 Å². The highest BCUT2D eigenvalue weighted by Gasteiger charge is 2.14. The number of piperazine rings is 1. The van der Waals surface area contributed by atoms with Crippen molar-refractivity contribution < 1.29 is 24.5 Å². The Morgan fingerprint density at radius 3 is 2.42 bits per heavy atom. The molecule has 0 bridgehead atoms. The molecule has 1 aliphatic rings. The number of pyridine rings is 1. The summed E-state index contributed by atoms with van der Waals surface area (Å²) in [6, 6.07) is 4.01. The quantitative estimate of drug-likeness (QED) is 0.381. The Labute approximate surface area is 194 Å². The first-order valence-electron chi connectivity index (χ1n) is 11.3. The van der Waals surface area contributed by atoms with Crippen LogP contribution in [0.3, 0.4) is 0 Å². The fourth-order valence-corrected chi connectivity index (χ4v) is 3.56. The maximum absolute atomic E-state index is 9.55. The Kier molecular flexibility index (Phi) is 11.5. The maximum Gasteiger partial charge on any atom is 0.328 e. The van der Waals surface area contributed by atoms with E-state index in [-0.39, 0.29) is 0 Å². The third-order valence-electron chi connectivity index (χ3n) is 5.34. The van der Waals surface area contributed by atoms with E-state index in [2.05, 4.69) is 26.4 Å². The Hall–Kier alpha value is -2.82. The summed E-state index contributed by atoms with van der Waals surface area (Å²) in [6.45, 7) is 10.3. The van der Waals surface area contributed by atoms with Crippen LogP contribution in [-0.4, -0.2) is 99.5 Å². The average molecular weight is 462 g/mol. The van der Waals surface area contributed by atoms with Gasteiger partial charge in [0.2, 0.25) is 0 Å². The molecule has 0 spiro atoms. The highest BCUT2D eigenvalue weighted by molar-refractivity contribution is 5.89. The van der Waals surface area contributed by atoms with Gasteiger partial charge in [0.25, 0.3) is 0 Å². The number of likely N-dealkylation sites (N-methyl/N-ethyl adjacent to an activating group) is 1. The lowest BCUT2D eigenvalue weighted by Gasteiger charge is -2.32. The molecule has 3 heterocycles. The van der Waals surface area contributed by atoms with Gasteiger partial charge in [-0.15, -0.1) is 0 Å². The van der Waals surface area contributed by atoms with Crippen molar-refractivity contribution in [3.63, 3.8) is 0 Å². The van der Waals surface area contributed by atoms with Gasteiger partial charge in [-0.1, -0.05) is 0 Å². The molecule has 182 valence electrons. The largest absolute Gasteiger partial charge is 0.478 e. The number of carbonyl (C=O) groups is 2. The van der Waals surface area contributed by atoms with Gasteiger partial charge < -0.3 is 29.3 Å². The van der Waals surface area contributed by atoms with Crippen LogP contribution in [-0.2, 0) is 27.3 Å². The summed E-state index contributed by atoms with van der Waals surface area (Å²) >= 11 is 0. The minimum atomic E-state index is -1.26. The first kappa shape index (κ1) is 26.4. The number of carboxylic acid groups (broad SMARTS) is 2. The molecule has 10 nitrogen and oxygen atoms in total. The predicted molar refractivity (Wildman–Crippen MR) is 125 cm³/mol. The number of nitrogens with zero attached hydrogens (tertiary/aromatic N) is 5. The molecule has 3 rings (SSSR count). The van der Waals surface area contributed by atoms with Crippen LogP contribution in [0.2, 0.25) is 0 Å². The van der Waals surface area contributed by atoms with Crippen LogP contribution in [0.4, 0.5) is 0 Å². The second-order valence-corrected chi connectivity index (χ2v) is 7.83. The second-order valence-electron chi connectivity index (χ2n) is 7.83. The number of aryl methyl sites for hydroxylation is 1. The predicted octanol–water partition coefficient (Wildman–Crippen LogP) is 1.75. The normalized spacial score (nSPS) is 15.0. The molecular formula is C23H35N5O5. The Balaban J connectivity index is 0.000000414. The summed E-state index contributed by atoms with van der Waals surface area (Å²) < 4.78 is 7.77. The lowest BCUT2D eigenvalue weighted by Crippen LogP contribution is -2.44. The van der Waals surface area contributed by atoms with E-state index in [1.165, 1.54) is 45.6 Å². The zero-order chi connectivity index (χ0) is 24.1. The van der Waals surface area contributed by atoms with Gasteiger partial charge in [-0.3, -0.25) is 0 Å². The van der Waals surface area contributed by atoms with Gasteiger partial charge in [0, 0.05) is 64.1 Å². The van der Waals surface area contributed by atoms with Crippen molar-refractivity contribution in [2.45, 2.75) is 32.7 Å². The van der Waals surface area contributed by atoms with Crippen LogP contribution >= 0.6 is 0 Å². The van der Waals surface area contributed by atoms with Crippen LogP contribution < -0.4 is 0 Å².